The second-order valence-corrected chi connectivity index (χ2v) is 6.45. The average molecular weight is 344 g/mol. The molecule has 3 aromatic rings. The van der Waals surface area contributed by atoms with Crippen LogP contribution in [0.25, 0.3) is 10.2 Å². The van der Waals surface area contributed by atoms with E-state index >= 15 is 0 Å². The second kappa shape index (κ2) is 6.00. The maximum Gasteiger partial charge on any atom is 0.280 e. The van der Waals surface area contributed by atoms with Crippen LogP contribution in [-0.4, -0.2) is 25.4 Å². The van der Waals surface area contributed by atoms with Crippen LogP contribution in [0.3, 0.4) is 0 Å². The normalized spacial score (nSPS) is 10.8. The summed E-state index contributed by atoms with van der Waals surface area (Å²) >= 11 is 1.18. The number of hydrazine groups is 1. The Morgan fingerprint density at radius 3 is 2.54 bits per heavy atom. The van der Waals surface area contributed by atoms with Gasteiger partial charge in [0, 0.05) is 18.4 Å². The Labute approximate surface area is 141 Å². The van der Waals surface area contributed by atoms with Gasteiger partial charge in [0.25, 0.3) is 11.5 Å². The first-order valence-electron chi connectivity index (χ1n) is 7.20. The Bertz CT molecular complexity index is 987. The van der Waals surface area contributed by atoms with Crippen LogP contribution in [0.5, 0.6) is 0 Å². The van der Waals surface area contributed by atoms with Gasteiger partial charge in [0.05, 0.1) is 16.6 Å². The molecule has 3 heterocycles. The van der Waals surface area contributed by atoms with Crippen molar-refractivity contribution in [2.24, 2.45) is 7.05 Å². The molecule has 0 aliphatic heterocycles. The van der Waals surface area contributed by atoms with Gasteiger partial charge < -0.3 is 4.57 Å². The first-order valence-corrected chi connectivity index (χ1v) is 8.02. The molecule has 0 aliphatic carbocycles. The van der Waals surface area contributed by atoms with Gasteiger partial charge in [-0.2, -0.15) is 0 Å². The monoisotopic (exact) mass is 344 g/mol. The molecule has 1 amide bonds. The first-order chi connectivity index (χ1) is 11.4. The van der Waals surface area contributed by atoms with Crippen LogP contribution in [-0.2, 0) is 7.05 Å². The summed E-state index contributed by atoms with van der Waals surface area (Å²) in [7, 11) is 1.63. The number of aromatic nitrogens is 4. The molecular formula is C15H16N6O2S. The van der Waals surface area contributed by atoms with Gasteiger partial charge in [0.2, 0.25) is 5.95 Å². The summed E-state index contributed by atoms with van der Waals surface area (Å²) in [6.45, 7) is 5.43. The van der Waals surface area contributed by atoms with Gasteiger partial charge in [-0.3, -0.25) is 20.4 Å². The Balaban J connectivity index is 1.88. The fraction of sp³-hybridized carbons (Fsp3) is 0.267. The maximum atomic E-state index is 12.4. The van der Waals surface area contributed by atoms with Crippen LogP contribution in [0.2, 0.25) is 0 Å². The molecular weight excluding hydrogens is 328 g/mol. The highest BCUT2D eigenvalue weighted by molar-refractivity contribution is 7.20. The third kappa shape index (κ3) is 2.85. The first kappa shape index (κ1) is 16.1. The van der Waals surface area contributed by atoms with E-state index in [0.29, 0.717) is 26.6 Å². The van der Waals surface area contributed by atoms with Crippen molar-refractivity contribution in [3.05, 3.63) is 44.6 Å². The van der Waals surface area contributed by atoms with Gasteiger partial charge in [-0.1, -0.05) is 0 Å². The van der Waals surface area contributed by atoms with E-state index in [0.717, 1.165) is 11.4 Å². The summed E-state index contributed by atoms with van der Waals surface area (Å²) < 4.78 is 1.39. The molecule has 9 heteroatoms. The van der Waals surface area contributed by atoms with Crippen molar-refractivity contribution >= 4 is 33.4 Å². The highest BCUT2D eigenvalue weighted by atomic mass is 32.1. The van der Waals surface area contributed by atoms with Gasteiger partial charge in [0.1, 0.15) is 4.83 Å². The fourth-order valence-electron chi connectivity index (χ4n) is 2.38. The Morgan fingerprint density at radius 2 is 1.88 bits per heavy atom. The van der Waals surface area contributed by atoms with E-state index in [9.17, 15) is 9.59 Å². The van der Waals surface area contributed by atoms with Crippen molar-refractivity contribution in [2.75, 3.05) is 5.43 Å². The zero-order chi connectivity index (χ0) is 17.4. The maximum absolute atomic E-state index is 12.4. The lowest BCUT2D eigenvalue weighted by Crippen LogP contribution is -2.30. The summed E-state index contributed by atoms with van der Waals surface area (Å²) in [5.74, 6) is -0.0473. The van der Waals surface area contributed by atoms with Crippen molar-refractivity contribution in [3.63, 3.8) is 0 Å². The van der Waals surface area contributed by atoms with Crippen molar-refractivity contribution in [2.45, 2.75) is 20.8 Å². The largest absolute Gasteiger partial charge is 0.302 e. The van der Waals surface area contributed by atoms with Gasteiger partial charge in [-0.05, 0) is 32.4 Å². The Kier molecular flexibility index (Phi) is 4.02. The zero-order valence-electron chi connectivity index (χ0n) is 13.7. The van der Waals surface area contributed by atoms with Gasteiger partial charge >= 0.3 is 0 Å². The molecule has 8 nitrogen and oxygen atoms in total. The molecule has 0 atom stereocenters. The summed E-state index contributed by atoms with van der Waals surface area (Å²) in [6.07, 6.45) is 1.45. The molecule has 0 unspecified atom stereocenters. The van der Waals surface area contributed by atoms with Crippen LogP contribution < -0.4 is 16.4 Å². The number of rotatable bonds is 3. The zero-order valence-corrected chi connectivity index (χ0v) is 14.5. The molecule has 0 aliphatic rings. The summed E-state index contributed by atoms with van der Waals surface area (Å²) in [4.78, 5) is 38.2. The molecule has 24 heavy (non-hydrogen) atoms. The minimum atomic E-state index is -0.361. The van der Waals surface area contributed by atoms with Crippen LogP contribution in [0.15, 0.2) is 17.2 Å². The second-order valence-electron chi connectivity index (χ2n) is 5.45. The van der Waals surface area contributed by atoms with Crippen molar-refractivity contribution in [1.29, 1.82) is 0 Å². The lowest BCUT2D eigenvalue weighted by atomic mass is 10.2. The molecule has 0 radical (unpaired) electrons. The predicted molar refractivity (Wildman–Crippen MR) is 92.2 cm³/mol. The Morgan fingerprint density at radius 1 is 1.21 bits per heavy atom. The number of aryl methyl sites for hydroxylation is 4. The fourth-order valence-corrected chi connectivity index (χ4v) is 3.41. The number of nitrogens with zero attached hydrogens (tertiary/aromatic N) is 4. The molecule has 0 aromatic carbocycles. The molecule has 0 spiro atoms. The number of thiophene rings is 1. The molecule has 0 fully saturated rings. The smallest absolute Gasteiger partial charge is 0.280 e. The molecule has 0 saturated heterocycles. The highest BCUT2D eigenvalue weighted by Gasteiger charge is 2.19. The number of fused-ring (bicyclic) bond motifs is 1. The quantitative estimate of drug-likeness (QED) is 0.698. The number of hydrogen-bond acceptors (Lipinski definition) is 7. The standard InChI is InChI=1S/C15H16N6O2S/c1-7-5-8(2)18-15(17-7)20-19-12(22)11-9(3)10-13(24-11)16-6-21(4)14(10)23/h5-6H,1-4H3,(H,19,22)(H,17,18,20). The van der Waals surface area contributed by atoms with Crippen molar-refractivity contribution in [3.8, 4) is 0 Å². The van der Waals surface area contributed by atoms with Gasteiger partial charge in [-0.15, -0.1) is 11.3 Å². The Hall–Kier alpha value is -2.81. The van der Waals surface area contributed by atoms with Crippen LogP contribution >= 0.6 is 11.3 Å². The highest BCUT2D eigenvalue weighted by Crippen LogP contribution is 2.26. The van der Waals surface area contributed by atoms with Gasteiger partial charge in [-0.25, -0.2) is 15.0 Å². The number of carbonyl (C=O) groups is 1. The molecule has 3 rings (SSSR count). The number of amides is 1. The van der Waals surface area contributed by atoms with E-state index < -0.39 is 0 Å². The van der Waals surface area contributed by atoms with E-state index in [1.807, 2.05) is 19.9 Å². The van der Waals surface area contributed by atoms with E-state index in [1.54, 1.807) is 14.0 Å². The third-order valence-corrected chi connectivity index (χ3v) is 4.69. The predicted octanol–water partition coefficient (Wildman–Crippen LogP) is 1.47. The molecule has 124 valence electrons. The molecule has 0 bridgehead atoms. The minimum Gasteiger partial charge on any atom is -0.302 e. The molecule has 0 saturated carbocycles. The van der Waals surface area contributed by atoms with Crippen LogP contribution in [0.1, 0.15) is 26.6 Å². The number of anilines is 1. The topological polar surface area (TPSA) is 102 Å². The summed E-state index contributed by atoms with van der Waals surface area (Å²) in [5, 5.41) is 0.470. The molecule has 3 aromatic heterocycles. The number of hydrogen-bond donors (Lipinski definition) is 2. The molecule has 2 N–H and O–H groups in total. The van der Waals surface area contributed by atoms with Crippen molar-refractivity contribution in [1.82, 2.24) is 24.9 Å². The lowest BCUT2D eigenvalue weighted by molar-refractivity contribution is 0.0966. The SMILES string of the molecule is Cc1cc(C)nc(NNC(=O)c2sc3ncn(C)c(=O)c3c2C)n1. The number of carbonyl (C=O) groups excluding carboxylic acids is 1. The third-order valence-electron chi connectivity index (χ3n) is 3.49. The van der Waals surface area contributed by atoms with Gasteiger partial charge in [0.15, 0.2) is 0 Å². The summed E-state index contributed by atoms with van der Waals surface area (Å²) in [5.41, 5.74) is 7.31. The van der Waals surface area contributed by atoms with Crippen LogP contribution in [0.4, 0.5) is 5.95 Å². The van der Waals surface area contributed by atoms with Crippen LogP contribution in [0, 0.1) is 20.8 Å². The van der Waals surface area contributed by atoms with E-state index in [-0.39, 0.29) is 11.5 Å². The number of nitrogens with one attached hydrogen (secondary N) is 2. The van der Waals surface area contributed by atoms with E-state index in [2.05, 4.69) is 25.8 Å². The lowest BCUT2D eigenvalue weighted by Gasteiger charge is -2.07. The minimum absolute atomic E-state index is 0.168. The van der Waals surface area contributed by atoms with E-state index in [4.69, 9.17) is 0 Å². The van der Waals surface area contributed by atoms with Crippen molar-refractivity contribution < 1.29 is 4.79 Å². The average Bonchev–Trinajstić information content (AvgIpc) is 2.85. The summed E-state index contributed by atoms with van der Waals surface area (Å²) in [6, 6.07) is 1.84. The van der Waals surface area contributed by atoms with E-state index in [1.165, 1.54) is 22.2 Å².